The van der Waals surface area contributed by atoms with Crippen molar-refractivity contribution < 1.29 is 9.47 Å². The number of rotatable bonds is 4. The van der Waals surface area contributed by atoms with E-state index < -0.39 is 0 Å². The average Bonchev–Trinajstić information content (AvgIpc) is 2.22. The van der Waals surface area contributed by atoms with Crippen molar-refractivity contribution in [3.05, 3.63) is 21.8 Å². The second kappa shape index (κ2) is 6.33. The van der Waals surface area contributed by atoms with Crippen molar-refractivity contribution in [1.82, 2.24) is 0 Å². The second-order valence-corrected chi connectivity index (χ2v) is 8.43. The molecule has 1 rings (SSSR count). The minimum atomic E-state index is 0.139. The maximum Gasteiger partial charge on any atom is 0.174 e. The molecule has 0 aliphatic carbocycles. The van der Waals surface area contributed by atoms with Gasteiger partial charge in [0.05, 0.1) is 16.8 Å². The maximum atomic E-state index is 5.97. The van der Waals surface area contributed by atoms with Crippen LogP contribution in [0.5, 0.6) is 11.5 Å². The Kier molecular flexibility index (Phi) is 5.53. The summed E-state index contributed by atoms with van der Waals surface area (Å²) in [6.45, 7) is 14.3. The lowest BCUT2D eigenvalue weighted by Gasteiger charge is -2.23. The number of benzene rings is 1. The zero-order valence-corrected chi connectivity index (χ0v) is 15.0. The van der Waals surface area contributed by atoms with Crippen LogP contribution in [0.2, 0.25) is 0 Å². The monoisotopic (exact) mass is 376 g/mol. The van der Waals surface area contributed by atoms with E-state index in [-0.39, 0.29) is 10.8 Å². The third kappa shape index (κ3) is 6.50. The predicted molar refractivity (Wildman–Crippen MR) is 89.1 cm³/mol. The molecule has 2 nitrogen and oxygen atoms in total. The van der Waals surface area contributed by atoms with E-state index in [0.29, 0.717) is 13.2 Å². The molecule has 0 atom stereocenters. The molecule has 0 saturated carbocycles. The highest BCUT2D eigenvalue weighted by Crippen LogP contribution is 2.34. The van der Waals surface area contributed by atoms with Crippen LogP contribution in [0.1, 0.15) is 41.5 Å². The fourth-order valence-corrected chi connectivity index (χ4v) is 1.95. The van der Waals surface area contributed by atoms with Crippen LogP contribution in [-0.2, 0) is 0 Å². The Labute approximate surface area is 131 Å². The Morgan fingerprint density at radius 2 is 1.42 bits per heavy atom. The van der Waals surface area contributed by atoms with Gasteiger partial charge in [-0.3, -0.25) is 0 Å². The van der Waals surface area contributed by atoms with Crippen molar-refractivity contribution >= 4 is 22.6 Å². The summed E-state index contributed by atoms with van der Waals surface area (Å²) in [7, 11) is 0. The summed E-state index contributed by atoms with van der Waals surface area (Å²) < 4.78 is 13.0. The molecule has 0 radical (unpaired) electrons. The zero-order chi connectivity index (χ0) is 14.7. The first kappa shape index (κ1) is 16.6. The van der Waals surface area contributed by atoms with Gasteiger partial charge in [0.2, 0.25) is 0 Å². The van der Waals surface area contributed by atoms with Crippen LogP contribution in [0.15, 0.2) is 18.2 Å². The van der Waals surface area contributed by atoms with Crippen molar-refractivity contribution in [1.29, 1.82) is 0 Å². The van der Waals surface area contributed by atoms with Gasteiger partial charge >= 0.3 is 0 Å². The van der Waals surface area contributed by atoms with Gasteiger partial charge in [-0.15, -0.1) is 0 Å². The number of para-hydroxylation sites is 1. The molecule has 1 aromatic carbocycles. The molecule has 0 fully saturated rings. The summed E-state index contributed by atoms with van der Waals surface area (Å²) in [6, 6.07) is 6.03. The fraction of sp³-hybridized carbons (Fsp3) is 0.625. The number of ether oxygens (including phenoxy) is 2. The summed E-state index contributed by atoms with van der Waals surface area (Å²) in [6.07, 6.45) is 0. The molecule has 1 aromatic rings. The van der Waals surface area contributed by atoms with E-state index >= 15 is 0 Å². The molecule has 0 heterocycles. The molecule has 0 bridgehead atoms. The van der Waals surface area contributed by atoms with Crippen LogP contribution in [0.4, 0.5) is 0 Å². The summed E-state index contributed by atoms with van der Waals surface area (Å²) in [4.78, 5) is 0. The van der Waals surface area contributed by atoms with Crippen LogP contribution in [-0.4, -0.2) is 13.2 Å². The minimum absolute atomic E-state index is 0.139. The molecule has 19 heavy (non-hydrogen) atoms. The largest absolute Gasteiger partial charge is 0.489 e. The second-order valence-electron chi connectivity index (χ2n) is 7.27. The Balaban J connectivity index is 2.83. The topological polar surface area (TPSA) is 18.5 Å². The zero-order valence-electron chi connectivity index (χ0n) is 12.8. The first-order valence-electron chi connectivity index (χ1n) is 6.63. The lowest BCUT2D eigenvalue weighted by atomic mass is 9.98. The van der Waals surface area contributed by atoms with Crippen molar-refractivity contribution in [2.24, 2.45) is 10.8 Å². The molecule has 0 N–H and O–H groups in total. The molecule has 0 spiro atoms. The molecular formula is C16H25IO2. The quantitative estimate of drug-likeness (QED) is 0.678. The molecule has 0 aliphatic rings. The Morgan fingerprint density at radius 1 is 0.895 bits per heavy atom. The van der Waals surface area contributed by atoms with Crippen molar-refractivity contribution in [2.45, 2.75) is 41.5 Å². The highest BCUT2D eigenvalue weighted by Gasteiger charge is 2.17. The van der Waals surface area contributed by atoms with Crippen LogP contribution in [0.25, 0.3) is 0 Å². The summed E-state index contributed by atoms with van der Waals surface area (Å²) in [5.74, 6) is 1.70. The van der Waals surface area contributed by atoms with E-state index in [1.54, 1.807) is 0 Å². The van der Waals surface area contributed by atoms with Crippen LogP contribution in [0.3, 0.4) is 0 Å². The standard InChI is InChI=1S/C16H25IO2/c1-15(2,3)10-18-13-9-7-8-12(17)14(13)19-11-16(4,5)6/h7-9H,10-11H2,1-6H3. The number of hydrogen-bond acceptors (Lipinski definition) is 2. The van der Waals surface area contributed by atoms with E-state index in [2.05, 4.69) is 64.1 Å². The van der Waals surface area contributed by atoms with Crippen LogP contribution < -0.4 is 9.47 Å². The first-order valence-corrected chi connectivity index (χ1v) is 7.70. The van der Waals surface area contributed by atoms with Gasteiger partial charge in [-0.1, -0.05) is 47.6 Å². The highest BCUT2D eigenvalue weighted by atomic mass is 127. The van der Waals surface area contributed by atoms with Crippen molar-refractivity contribution in [2.75, 3.05) is 13.2 Å². The smallest absolute Gasteiger partial charge is 0.174 e. The fourth-order valence-electron chi connectivity index (χ4n) is 1.33. The third-order valence-corrected chi connectivity index (χ3v) is 3.09. The first-order chi connectivity index (χ1) is 8.58. The van der Waals surface area contributed by atoms with E-state index in [0.717, 1.165) is 15.1 Å². The molecular weight excluding hydrogens is 351 g/mol. The number of halogens is 1. The lowest BCUT2D eigenvalue weighted by Crippen LogP contribution is -2.19. The van der Waals surface area contributed by atoms with Gasteiger partial charge in [0.1, 0.15) is 0 Å². The van der Waals surface area contributed by atoms with E-state index in [1.807, 2.05) is 18.2 Å². The molecule has 0 amide bonds. The van der Waals surface area contributed by atoms with Gasteiger partial charge in [-0.2, -0.15) is 0 Å². The Morgan fingerprint density at radius 3 is 1.95 bits per heavy atom. The molecule has 0 unspecified atom stereocenters. The van der Waals surface area contributed by atoms with Crippen molar-refractivity contribution in [3.8, 4) is 11.5 Å². The molecule has 0 saturated heterocycles. The van der Waals surface area contributed by atoms with E-state index in [1.165, 1.54) is 0 Å². The van der Waals surface area contributed by atoms with Crippen LogP contribution in [0, 0.1) is 14.4 Å². The predicted octanol–water partition coefficient (Wildman–Crippen LogP) is 5.14. The molecule has 0 aliphatic heterocycles. The van der Waals surface area contributed by atoms with Crippen LogP contribution >= 0.6 is 22.6 Å². The molecule has 0 aromatic heterocycles. The summed E-state index contributed by atoms with van der Waals surface area (Å²) in [5, 5.41) is 0. The Bertz CT molecular complexity index is 414. The van der Waals surface area contributed by atoms with E-state index in [9.17, 15) is 0 Å². The minimum Gasteiger partial charge on any atom is -0.489 e. The normalized spacial score (nSPS) is 12.4. The SMILES string of the molecule is CC(C)(C)COc1cccc(I)c1OCC(C)(C)C. The maximum absolute atomic E-state index is 5.97. The van der Waals surface area contributed by atoms with Gasteiger partial charge in [0.15, 0.2) is 11.5 Å². The highest BCUT2D eigenvalue weighted by molar-refractivity contribution is 14.1. The Hall–Kier alpha value is -0.450. The summed E-state index contributed by atoms with van der Waals surface area (Å²) in [5.41, 5.74) is 0.281. The number of hydrogen-bond donors (Lipinski definition) is 0. The molecule has 3 heteroatoms. The van der Waals surface area contributed by atoms with Gasteiger partial charge in [-0.25, -0.2) is 0 Å². The average molecular weight is 376 g/mol. The van der Waals surface area contributed by atoms with E-state index in [4.69, 9.17) is 9.47 Å². The van der Waals surface area contributed by atoms with Gasteiger partial charge < -0.3 is 9.47 Å². The van der Waals surface area contributed by atoms with Gasteiger partial charge in [0.25, 0.3) is 0 Å². The lowest BCUT2D eigenvalue weighted by molar-refractivity contribution is 0.166. The van der Waals surface area contributed by atoms with Crippen molar-refractivity contribution in [3.63, 3.8) is 0 Å². The van der Waals surface area contributed by atoms with Gasteiger partial charge in [0, 0.05) is 0 Å². The van der Waals surface area contributed by atoms with Gasteiger partial charge in [-0.05, 0) is 45.6 Å². The molecule has 108 valence electrons. The summed E-state index contributed by atoms with van der Waals surface area (Å²) >= 11 is 2.29. The third-order valence-electron chi connectivity index (χ3n) is 2.24.